The maximum absolute atomic E-state index is 13.4. The molecule has 34 heavy (non-hydrogen) atoms. The van der Waals surface area contributed by atoms with E-state index in [2.05, 4.69) is 51.0 Å². The molecule has 176 valence electrons. The van der Waals surface area contributed by atoms with Gasteiger partial charge >= 0.3 is 0 Å². The first-order valence-corrected chi connectivity index (χ1v) is 12.9. The standard InChI is InChI=1S/C27H31N5OS/c1-20-17-25(21(2)32(20)18-22-3-9-28-10-4-22)27(33)31-13-6-24(7-14-31)26-29-11-15-30(26)12-5-23-8-16-34-19-23/h3-4,8-11,15-17,19,24H,5-7,12-14,18H2,1-2H3. The van der Waals surface area contributed by atoms with Gasteiger partial charge in [0.05, 0.1) is 5.56 Å². The van der Waals surface area contributed by atoms with Crippen molar-refractivity contribution in [2.24, 2.45) is 0 Å². The normalized spacial score (nSPS) is 14.6. The monoisotopic (exact) mass is 473 g/mol. The third-order valence-corrected chi connectivity index (χ3v) is 7.74. The molecule has 7 heteroatoms. The van der Waals surface area contributed by atoms with Crippen LogP contribution in [0.1, 0.15) is 57.5 Å². The smallest absolute Gasteiger partial charge is 0.255 e. The van der Waals surface area contributed by atoms with Crippen molar-refractivity contribution in [1.29, 1.82) is 0 Å². The van der Waals surface area contributed by atoms with Crippen LogP contribution in [-0.4, -0.2) is 43.0 Å². The van der Waals surface area contributed by atoms with Gasteiger partial charge in [-0.3, -0.25) is 9.78 Å². The van der Waals surface area contributed by atoms with Crippen LogP contribution in [0.5, 0.6) is 0 Å². The van der Waals surface area contributed by atoms with Crippen LogP contribution in [-0.2, 0) is 19.5 Å². The molecule has 0 spiro atoms. The van der Waals surface area contributed by atoms with Crippen LogP contribution < -0.4 is 0 Å². The molecule has 0 aliphatic carbocycles. The lowest BCUT2D eigenvalue weighted by Gasteiger charge is -2.32. The first kappa shape index (κ1) is 22.6. The summed E-state index contributed by atoms with van der Waals surface area (Å²) in [6, 6.07) is 8.28. The van der Waals surface area contributed by atoms with E-state index < -0.39 is 0 Å². The van der Waals surface area contributed by atoms with Gasteiger partial charge in [0.2, 0.25) is 0 Å². The van der Waals surface area contributed by atoms with Crippen LogP contribution >= 0.6 is 11.3 Å². The largest absolute Gasteiger partial charge is 0.344 e. The molecule has 1 saturated heterocycles. The van der Waals surface area contributed by atoms with Gasteiger partial charge in [0.25, 0.3) is 5.91 Å². The number of aryl methyl sites for hydroxylation is 3. The number of thiophene rings is 1. The molecule has 6 nitrogen and oxygen atoms in total. The number of rotatable bonds is 7. The molecule has 1 aliphatic rings. The molecule has 0 radical (unpaired) electrons. The van der Waals surface area contributed by atoms with Crippen LogP contribution in [0.25, 0.3) is 0 Å². The van der Waals surface area contributed by atoms with E-state index in [-0.39, 0.29) is 5.91 Å². The summed E-state index contributed by atoms with van der Waals surface area (Å²) in [5.74, 6) is 1.71. The number of carbonyl (C=O) groups is 1. The quantitative estimate of drug-likeness (QED) is 0.377. The van der Waals surface area contributed by atoms with Crippen molar-refractivity contribution in [3.05, 3.63) is 93.7 Å². The lowest BCUT2D eigenvalue weighted by Crippen LogP contribution is -2.38. The molecule has 5 heterocycles. The number of imidazole rings is 1. The number of hydrogen-bond donors (Lipinski definition) is 0. The Bertz CT molecular complexity index is 1230. The van der Waals surface area contributed by atoms with E-state index in [1.54, 1.807) is 11.3 Å². The van der Waals surface area contributed by atoms with Crippen LogP contribution in [0.15, 0.2) is 59.8 Å². The van der Waals surface area contributed by atoms with Gasteiger partial charge in [-0.15, -0.1) is 0 Å². The summed E-state index contributed by atoms with van der Waals surface area (Å²) in [6.07, 6.45) is 10.6. The van der Waals surface area contributed by atoms with Crippen molar-refractivity contribution in [2.45, 2.75) is 52.1 Å². The van der Waals surface area contributed by atoms with Crippen LogP contribution in [0.2, 0.25) is 0 Å². The van der Waals surface area contributed by atoms with E-state index in [1.165, 1.54) is 11.1 Å². The molecule has 1 aliphatic heterocycles. The van der Waals surface area contributed by atoms with Gasteiger partial charge in [0.15, 0.2) is 0 Å². The average Bonchev–Trinajstić information content (AvgIpc) is 3.61. The van der Waals surface area contributed by atoms with Crippen LogP contribution in [0.4, 0.5) is 0 Å². The molecule has 1 amide bonds. The SMILES string of the molecule is Cc1cc(C(=O)N2CCC(c3nccn3CCc3ccsc3)CC2)c(C)n1Cc1ccncc1. The Morgan fingerprint density at radius 3 is 2.62 bits per heavy atom. The summed E-state index contributed by atoms with van der Waals surface area (Å²) < 4.78 is 4.52. The lowest BCUT2D eigenvalue weighted by molar-refractivity contribution is 0.0709. The first-order valence-electron chi connectivity index (χ1n) is 12.0. The number of aromatic nitrogens is 4. The molecule has 0 atom stereocenters. The second kappa shape index (κ2) is 9.97. The second-order valence-electron chi connectivity index (χ2n) is 9.15. The van der Waals surface area contributed by atoms with E-state index in [4.69, 9.17) is 4.98 Å². The molecular weight excluding hydrogens is 442 g/mol. The molecule has 0 saturated carbocycles. The topological polar surface area (TPSA) is 56.0 Å². The molecule has 1 fully saturated rings. The van der Waals surface area contributed by atoms with Gasteiger partial charge in [-0.05, 0) is 79.3 Å². The minimum absolute atomic E-state index is 0.147. The highest BCUT2D eigenvalue weighted by molar-refractivity contribution is 7.07. The maximum atomic E-state index is 13.4. The number of carbonyl (C=O) groups excluding carboxylic acids is 1. The molecule has 0 unspecified atom stereocenters. The van der Waals surface area contributed by atoms with E-state index in [0.29, 0.717) is 5.92 Å². The van der Waals surface area contributed by atoms with Crippen molar-refractivity contribution >= 4 is 17.2 Å². The Hall–Kier alpha value is -3.19. The third kappa shape index (κ3) is 4.71. The van der Waals surface area contributed by atoms with Gasteiger partial charge in [0, 0.05) is 68.3 Å². The fourth-order valence-corrected chi connectivity index (χ4v) is 5.70. The number of nitrogens with zero attached hydrogens (tertiary/aromatic N) is 5. The predicted molar refractivity (Wildman–Crippen MR) is 135 cm³/mol. The molecule has 4 aromatic heterocycles. The molecule has 0 bridgehead atoms. The minimum Gasteiger partial charge on any atom is -0.344 e. The maximum Gasteiger partial charge on any atom is 0.255 e. The first-order chi connectivity index (χ1) is 16.6. The Kier molecular flexibility index (Phi) is 6.63. The molecule has 0 aromatic carbocycles. The summed E-state index contributed by atoms with van der Waals surface area (Å²) in [5, 5.41) is 4.35. The molecule has 4 aromatic rings. The minimum atomic E-state index is 0.147. The highest BCUT2D eigenvalue weighted by atomic mass is 32.1. The number of amides is 1. The average molecular weight is 474 g/mol. The van der Waals surface area contributed by atoms with E-state index in [1.807, 2.05) is 41.7 Å². The molecule has 0 N–H and O–H groups in total. The number of hydrogen-bond acceptors (Lipinski definition) is 4. The number of likely N-dealkylation sites (tertiary alicyclic amines) is 1. The van der Waals surface area contributed by atoms with Crippen molar-refractivity contribution in [2.75, 3.05) is 13.1 Å². The Morgan fingerprint density at radius 1 is 1.09 bits per heavy atom. The predicted octanol–water partition coefficient (Wildman–Crippen LogP) is 5.07. The van der Waals surface area contributed by atoms with E-state index >= 15 is 0 Å². The Labute approximate surface area is 204 Å². The van der Waals surface area contributed by atoms with E-state index in [9.17, 15) is 4.79 Å². The third-order valence-electron chi connectivity index (χ3n) is 7.01. The fraction of sp³-hybridized carbons (Fsp3) is 0.370. The van der Waals surface area contributed by atoms with Gasteiger partial charge in [0.1, 0.15) is 5.82 Å². The zero-order valence-electron chi connectivity index (χ0n) is 19.9. The summed E-state index contributed by atoms with van der Waals surface area (Å²) in [4.78, 5) is 24.2. The second-order valence-corrected chi connectivity index (χ2v) is 9.93. The summed E-state index contributed by atoms with van der Waals surface area (Å²) in [5.41, 5.74) is 5.53. The summed E-state index contributed by atoms with van der Waals surface area (Å²) in [6.45, 7) is 7.38. The van der Waals surface area contributed by atoms with Gasteiger partial charge < -0.3 is 14.0 Å². The van der Waals surface area contributed by atoms with Crippen molar-refractivity contribution in [3.8, 4) is 0 Å². The Morgan fingerprint density at radius 2 is 1.88 bits per heavy atom. The van der Waals surface area contributed by atoms with Gasteiger partial charge in [-0.25, -0.2) is 4.98 Å². The molecule has 5 rings (SSSR count). The highest BCUT2D eigenvalue weighted by Crippen LogP contribution is 2.29. The number of piperidine rings is 1. The molecular formula is C27H31N5OS. The number of pyridine rings is 1. The summed E-state index contributed by atoms with van der Waals surface area (Å²) in [7, 11) is 0. The van der Waals surface area contributed by atoms with Gasteiger partial charge in [-0.2, -0.15) is 11.3 Å². The van der Waals surface area contributed by atoms with Crippen molar-refractivity contribution in [1.82, 2.24) is 24.0 Å². The van der Waals surface area contributed by atoms with E-state index in [0.717, 1.165) is 68.2 Å². The van der Waals surface area contributed by atoms with Crippen molar-refractivity contribution < 1.29 is 4.79 Å². The lowest BCUT2D eigenvalue weighted by atomic mass is 9.95. The van der Waals surface area contributed by atoms with Crippen molar-refractivity contribution in [3.63, 3.8) is 0 Å². The zero-order chi connectivity index (χ0) is 23.5. The fourth-order valence-electron chi connectivity index (χ4n) is 5.00. The van der Waals surface area contributed by atoms with Crippen LogP contribution in [0, 0.1) is 13.8 Å². The van der Waals surface area contributed by atoms with Gasteiger partial charge in [-0.1, -0.05) is 0 Å². The highest BCUT2D eigenvalue weighted by Gasteiger charge is 2.28. The van der Waals surface area contributed by atoms with Crippen LogP contribution in [0.3, 0.4) is 0 Å². The summed E-state index contributed by atoms with van der Waals surface area (Å²) >= 11 is 1.75. The Balaban J connectivity index is 1.22. The zero-order valence-corrected chi connectivity index (χ0v) is 20.7.